The summed E-state index contributed by atoms with van der Waals surface area (Å²) in [6.45, 7) is 3.13. The molecule has 0 bridgehead atoms. The molecule has 0 radical (unpaired) electrons. The van der Waals surface area contributed by atoms with Crippen LogP contribution >= 0.6 is 0 Å². The number of aliphatic carboxylic acids is 1. The van der Waals surface area contributed by atoms with Crippen molar-refractivity contribution in [1.82, 2.24) is 9.81 Å². The van der Waals surface area contributed by atoms with E-state index in [1.54, 1.807) is 0 Å². The number of nitrogens with one attached hydrogen (secondary N) is 1. The van der Waals surface area contributed by atoms with Crippen LogP contribution in [0.5, 0.6) is 0 Å². The molecule has 0 saturated carbocycles. The number of carbonyl (C=O) groups is 2. The summed E-state index contributed by atoms with van der Waals surface area (Å²) in [7, 11) is 0. The van der Waals surface area contributed by atoms with E-state index in [-0.39, 0.29) is 19.5 Å². The predicted octanol–water partition coefficient (Wildman–Crippen LogP) is -0.789. The summed E-state index contributed by atoms with van der Waals surface area (Å²) in [4.78, 5) is 25.7. The molecule has 0 aromatic carbocycles. The van der Waals surface area contributed by atoms with E-state index in [1.165, 1.54) is 6.08 Å². The Balaban J connectivity index is 3.14. The zero-order valence-corrected chi connectivity index (χ0v) is 9.00. The van der Waals surface area contributed by atoms with Gasteiger partial charge in [0.2, 0.25) is 10.5 Å². The summed E-state index contributed by atoms with van der Waals surface area (Å²) >= 11 is 0. The predicted molar refractivity (Wildman–Crippen MR) is 52.9 cm³/mol. The van der Waals surface area contributed by atoms with E-state index in [1.807, 2.05) is 0 Å². The lowest BCUT2D eigenvalue weighted by Crippen LogP contribution is -2.53. The van der Waals surface area contributed by atoms with E-state index >= 15 is 0 Å². The first kappa shape index (κ1) is 12.9. The van der Waals surface area contributed by atoms with Gasteiger partial charge in [0, 0.05) is 12.5 Å². The van der Waals surface area contributed by atoms with Gasteiger partial charge >= 0.3 is 6.09 Å². The third-order valence-electron chi connectivity index (χ3n) is 2.85. The molecule has 1 fully saturated rings. The quantitative estimate of drug-likeness (QED) is 0.378. The molecule has 2 N–H and O–H groups in total. The van der Waals surface area contributed by atoms with Gasteiger partial charge in [-0.2, -0.15) is 0 Å². The monoisotopic (exact) mass is 240 g/mol. The summed E-state index contributed by atoms with van der Waals surface area (Å²) in [6, 6.07) is 0. The molecule has 8 nitrogen and oxygen atoms in total. The topological polar surface area (TPSA) is 131 Å². The third kappa shape index (κ3) is 2.16. The number of likely N-dealkylation sites (tertiary alicyclic amines) is 1. The molecule has 1 heterocycles. The van der Waals surface area contributed by atoms with Crippen molar-refractivity contribution in [1.29, 1.82) is 5.53 Å². The maximum atomic E-state index is 11.2. The molecule has 0 aliphatic carbocycles. The van der Waals surface area contributed by atoms with Crippen molar-refractivity contribution in [2.24, 2.45) is 11.0 Å². The Hall–Kier alpha value is -2.21. The third-order valence-corrected chi connectivity index (χ3v) is 2.85. The highest BCUT2D eigenvalue weighted by Gasteiger charge is 2.53. The van der Waals surface area contributed by atoms with Gasteiger partial charge in [-0.25, -0.2) is 4.79 Å². The molecule has 1 saturated heterocycles. The lowest BCUT2D eigenvalue weighted by Gasteiger charge is -2.23. The Kier molecular flexibility index (Phi) is 3.59. The van der Waals surface area contributed by atoms with Crippen LogP contribution in [0.3, 0.4) is 0 Å². The fourth-order valence-electron chi connectivity index (χ4n) is 1.99. The van der Waals surface area contributed by atoms with Gasteiger partial charge in [0.1, 0.15) is 10.6 Å². The molecule has 0 spiro atoms. The van der Waals surface area contributed by atoms with Crippen LogP contribution in [0.4, 0.5) is 4.79 Å². The first-order chi connectivity index (χ1) is 7.97. The number of carboxylic acids is 1. The molecule has 92 valence electrons. The van der Waals surface area contributed by atoms with E-state index in [2.05, 4.69) is 16.6 Å². The summed E-state index contributed by atoms with van der Waals surface area (Å²) in [5.41, 5.74) is 4.87. The highest BCUT2D eigenvalue weighted by molar-refractivity contribution is 5.80. The smallest absolute Gasteiger partial charge is 0.407 e. The van der Waals surface area contributed by atoms with Crippen molar-refractivity contribution < 1.29 is 19.8 Å². The molecule has 1 aliphatic heterocycles. The normalized spacial score (nSPS) is 27.3. The van der Waals surface area contributed by atoms with Crippen LogP contribution in [0.1, 0.15) is 6.42 Å². The maximum absolute atomic E-state index is 11.2. The van der Waals surface area contributed by atoms with Gasteiger partial charge in [0.15, 0.2) is 0 Å². The molecule has 17 heavy (non-hydrogen) atoms. The maximum Gasteiger partial charge on any atom is 0.407 e. The van der Waals surface area contributed by atoms with Crippen LogP contribution in [0, 0.1) is 11.4 Å². The van der Waals surface area contributed by atoms with Crippen LogP contribution in [0.2, 0.25) is 0 Å². The van der Waals surface area contributed by atoms with Crippen molar-refractivity contribution in [3.63, 3.8) is 0 Å². The van der Waals surface area contributed by atoms with Gasteiger partial charge in [-0.1, -0.05) is 6.08 Å². The number of amides is 1. The Morgan fingerprint density at radius 1 is 1.76 bits per heavy atom. The standard InChI is InChI=1S/C9H12N4O4/c1-2-3-6-4-13(8(16)17)5-9(6,7(14)15)11-12-10/h2,6,10H,1,3-5H2,(H-,14,15,16,17)/t6-,9-/m1/s1. The van der Waals surface area contributed by atoms with Crippen LogP contribution in [-0.4, -0.2) is 40.7 Å². The minimum atomic E-state index is -1.78. The van der Waals surface area contributed by atoms with Crippen molar-refractivity contribution in [3.8, 4) is 0 Å². The fraction of sp³-hybridized carbons (Fsp3) is 0.556. The molecule has 1 rings (SSSR count). The van der Waals surface area contributed by atoms with Gasteiger partial charge in [0.25, 0.3) is 0 Å². The second-order valence-corrected chi connectivity index (χ2v) is 3.80. The zero-order chi connectivity index (χ0) is 13.1. The van der Waals surface area contributed by atoms with Crippen LogP contribution in [0.25, 0.3) is 0 Å². The van der Waals surface area contributed by atoms with Gasteiger partial charge in [0.05, 0.1) is 12.5 Å². The largest absolute Gasteiger partial charge is 0.547 e. The van der Waals surface area contributed by atoms with E-state index in [9.17, 15) is 14.7 Å². The lowest BCUT2D eigenvalue weighted by atomic mass is 9.85. The lowest BCUT2D eigenvalue weighted by molar-refractivity contribution is -0.314. The molecule has 8 heteroatoms. The minimum Gasteiger partial charge on any atom is -0.547 e. The van der Waals surface area contributed by atoms with Gasteiger partial charge in [-0.3, -0.25) is 0 Å². The van der Waals surface area contributed by atoms with Crippen LogP contribution in [-0.2, 0) is 4.79 Å². The summed E-state index contributed by atoms with van der Waals surface area (Å²) in [5, 5.41) is 23.4. The van der Waals surface area contributed by atoms with Gasteiger partial charge in [-0.15, -0.1) is 6.58 Å². The molecule has 1 amide bonds. The first-order valence-corrected chi connectivity index (χ1v) is 4.86. The SMILES string of the molecule is C=CC[C@@H]1CN(C(=O)O)C[C@]1(N=[N+]=N)C(=O)[O-]. The minimum absolute atomic E-state index is 0.00829. The molecule has 1 aliphatic rings. The van der Waals surface area contributed by atoms with Crippen LogP contribution < -0.4 is 10.0 Å². The number of carbonyl (C=O) groups excluding carboxylic acids is 1. The zero-order valence-electron chi connectivity index (χ0n) is 9.00. The van der Waals surface area contributed by atoms with Gasteiger partial charge < -0.3 is 19.9 Å². The Morgan fingerprint density at radius 3 is 2.82 bits per heavy atom. The number of carboxylic acid groups (broad SMARTS) is 2. The number of nitrogens with zero attached hydrogens (tertiary/aromatic N) is 3. The first-order valence-electron chi connectivity index (χ1n) is 4.86. The van der Waals surface area contributed by atoms with Crippen molar-refractivity contribution in [2.45, 2.75) is 12.0 Å². The van der Waals surface area contributed by atoms with E-state index in [0.717, 1.165) is 4.90 Å². The summed E-state index contributed by atoms with van der Waals surface area (Å²) in [6.07, 6.45) is 0.506. The van der Waals surface area contributed by atoms with Crippen LogP contribution in [0.15, 0.2) is 17.8 Å². The molecule has 0 unspecified atom stereocenters. The molecule has 0 aromatic rings. The average molecular weight is 240 g/mol. The van der Waals surface area contributed by atoms with E-state index in [0.29, 0.717) is 0 Å². The highest BCUT2D eigenvalue weighted by Crippen LogP contribution is 2.33. The molecule has 2 atom stereocenters. The number of rotatable bonds is 4. The highest BCUT2D eigenvalue weighted by atomic mass is 16.4. The molecular formula is C9H12N4O4. The van der Waals surface area contributed by atoms with E-state index in [4.69, 9.17) is 10.6 Å². The second kappa shape index (κ2) is 4.75. The Labute approximate surface area is 96.8 Å². The average Bonchev–Trinajstić information content (AvgIpc) is 2.60. The van der Waals surface area contributed by atoms with Crippen molar-refractivity contribution >= 4 is 12.1 Å². The molecule has 0 aromatic heterocycles. The summed E-state index contributed by atoms with van der Waals surface area (Å²) in [5.74, 6) is -2.14. The van der Waals surface area contributed by atoms with Crippen molar-refractivity contribution in [2.75, 3.05) is 13.1 Å². The Morgan fingerprint density at radius 2 is 2.41 bits per heavy atom. The van der Waals surface area contributed by atoms with E-state index < -0.39 is 23.5 Å². The fourth-order valence-corrected chi connectivity index (χ4v) is 1.99. The number of hydrogen-bond acceptors (Lipinski definition) is 5. The van der Waals surface area contributed by atoms with Gasteiger partial charge in [-0.05, 0) is 6.42 Å². The second-order valence-electron chi connectivity index (χ2n) is 3.80. The number of allylic oxidation sites excluding steroid dienone is 1. The summed E-state index contributed by atoms with van der Waals surface area (Å²) < 4.78 is 0. The Bertz CT molecular complexity index is 400. The van der Waals surface area contributed by atoms with Crippen molar-refractivity contribution in [3.05, 3.63) is 12.7 Å². The number of hydrogen-bond donors (Lipinski definition) is 2. The molecular weight excluding hydrogens is 228 g/mol.